The monoisotopic (exact) mass is 265 g/mol. The summed E-state index contributed by atoms with van der Waals surface area (Å²) in [5.41, 5.74) is -0.206. The summed E-state index contributed by atoms with van der Waals surface area (Å²) in [6, 6.07) is -0.340. The lowest BCUT2D eigenvalue weighted by Crippen LogP contribution is -2.49. The molecule has 2 saturated carbocycles. The van der Waals surface area contributed by atoms with Gasteiger partial charge in [-0.05, 0) is 30.1 Å². The van der Waals surface area contributed by atoms with Crippen LogP contribution in [-0.4, -0.2) is 17.7 Å². The highest BCUT2D eigenvalue weighted by atomic mass is 16.2. The molecule has 2 aliphatic rings. The van der Waals surface area contributed by atoms with Gasteiger partial charge in [0.25, 0.3) is 0 Å². The highest BCUT2D eigenvalue weighted by Gasteiger charge is 2.55. The first-order valence-electron chi connectivity index (χ1n) is 7.69. The summed E-state index contributed by atoms with van der Waals surface area (Å²) in [6.45, 7) is 7.92. The minimum absolute atomic E-state index is 0.124. The summed E-state index contributed by atoms with van der Waals surface area (Å²) in [4.78, 5) is 24.4. The van der Waals surface area contributed by atoms with Crippen LogP contribution in [0.5, 0.6) is 0 Å². The molecule has 0 spiro atoms. The molecule has 0 aromatic carbocycles. The summed E-state index contributed by atoms with van der Waals surface area (Å²) >= 11 is 0. The highest BCUT2D eigenvalue weighted by Crippen LogP contribution is 2.55. The van der Waals surface area contributed by atoms with Gasteiger partial charge in [0, 0.05) is 12.3 Å². The number of rotatable bonds is 4. The second-order valence-corrected chi connectivity index (χ2v) is 7.27. The van der Waals surface area contributed by atoms with Crippen molar-refractivity contribution < 1.29 is 9.59 Å². The molecular weight excluding hydrogens is 238 g/mol. The molecule has 2 fully saturated rings. The average Bonchev–Trinajstić information content (AvgIpc) is 3.07. The lowest BCUT2D eigenvalue weighted by molar-refractivity contribution is -0.131. The first-order valence-corrected chi connectivity index (χ1v) is 7.69. The van der Waals surface area contributed by atoms with Crippen LogP contribution >= 0.6 is 0 Å². The van der Waals surface area contributed by atoms with Crippen LogP contribution in [0.1, 0.15) is 59.8 Å². The van der Waals surface area contributed by atoms with E-state index in [1.165, 1.54) is 25.7 Å². The number of ketones is 1. The minimum atomic E-state index is -0.340. The third kappa shape index (κ3) is 3.01. The molecule has 2 aliphatic carbocycles. The molecule has 0 aromatic heterocycles. The van der Waals surface area contributed by atoms with Gasteiger partial charge in [-0.15, -0.1) is 0 Å². The molecule has 108 valence electrons. The van der Waals surface area contributed by atoms with Gasteiger partial charge in [-0.3, -0.25) is 9.59 Å². The zero-order valence-electron chi connectivity index (χ0n) is 12.7. The lowest BCUT2D eigenvalue weighted by atomic mass is 9.83. The van der Waals surface area contributed by atoms with Crippen LogP contribution in [0.4, 0.5) is 0 Å². The highest BCUT2D eigenvalue weighted by molar-refractivity contribution is 5.91. The Bertz CT molecular complexity index is 357. The molecule has 0 saturated heterocycles. The fourth-order valence-electron chi connectivity index (χ4n) is 3.60. The van der Waals surface area contributed by atoms with E-state index in [-0.39, 0.29) is 29.1 Å². The van der Waals surface area contributed by atoms with E-state index in [0.717, 1.165) is 0 Å². The van der Waals surface area contributed by atoms with E-state index >= 15 is 0 Å². The van der Waals surface area contributed by atoms with Gasteiger partial charge < -0.3 is 5.32 Å². The predicted molar refractivity (Wildman–Crippen MR) is 75.6 cm³/mol. The van der Waals surface area contributed by atoms with E-state index in [4.69, 9.17) is 0 Å². The quantitative estimate of drug-likeness (QED) is 0.849. The zero-order valence-corrected chi connectivity index (χ0v) is 12.7. The molecule has 3 heteroatoms. The fourth-order valence-corrected chi connectivity index (χ4v) is 3.60. The van der Waals surface area contributed by atoms with Crippen molar-refractivity contribution in [2.24, 2.45) is 23.2 Å². The zero-order chi connectivity index (χ0) is 14.2. The predicted octanol–water partition coefficient (Wildman–Crippen LogP) is 2.93. The van der Waals surface area contributed by atoms with Crippen molar-refractivity contribution in [2.45, 2.75) is 65.8 Å². The van der Waals surface area contributed by atoms with E-state index in [0.29, 0.717) is 18.3 Å². The molecule has 19 heavy (non-hydrogen) atoms. The van der Waals surface area contributed by atoms with Gasteiger partial charge in [0.15, 0.2) is 5.78 Å². The third-order valence-electron chi connectivity index (χ3n) is 4.78. The van der Waals surface area contributed by atoms with Gasteiger partial charge in [0.05, 0.1) is 6.04 Å². The molecule has 1 N–H and O–H groups in total. The Morgan fingerprint density at radius 2 is 1.68 bits per heavy atom. The topological polar surface area (TPSA) is 46.2 Å². The van der Waals surface area contributed by atoms with Crippen molar-refractivity contribution in [3.63, 3.8) is 0 Å². The SMILES string of the molecule is CCC(=O)C(NC(=O)C1C2CCCCC21)C(C)(C)C. The van der Waals surface area contributed by atoms with Crippen LogP contribution < -0.4 is 5.32 Å². The Hall–Kier alpha value is -0.860. The van der Waals surface area contributed by atoms with Crippen LogP contribution in [0.2, 0.25) is 0 Å². The van der Waals surface area contributed by atoms with Crippen LogP contribution in [0.3, 0.4) is 0 Å². The lowest BCUT2D eigenvalue weighted by Gasteiger charge is -2.30. The van der Waals surface area contributed by atoms with E-state index in [9.17, 15) is 9.59 Å². The number of hydrogen-bond donors (Lipinski definition) is 1. The van der Waals surface area contributed by atoms with Gasteiger partial charge in [-0.25, -0.2) is 0 Å². The number of nitrogens with one attached hydrogen (secondary N) is 1. The summed E-state index contributed by atoms with van der Waals surface area (Å²) in [6.07, 6.45) is 5.41. The molecule has 0 bridgehead atoms. The van der Waals surface area contributed by atoms with Crippen molar-refractivity contribution in [3.8, 4) is 0 Å². The minimum Gasteiger partial charge on any atom is -0.346 e. The number of carbonyl (C=O) groups excluding carboxylic acids is 2. The summed E-state index contributed by atoms with van der Waals surface area (Å²) < 4.78 is 0. The second-order valence-electron chi connectivity index (χ2n) is 7.27. The van der Waals surface area contributed by atoms with E-state index in [1.807, 2.05) is 27.7 Å². The molecular formula is C16H27NO2. The maximum atomic E-state index is 12.4. The van der Waals surface area contributed by atoms with Crippen LogP contribution in [0, 0.1) is 23.2 Å². The standard InChI is InChI=1S/C16H27NO2/c1-5-12(18)14(16(2,3)4)17-15(19)13-10-8-6-7-9-11(10)13/h10-11,13-14H,5-9H2,1-4H3,(H,17,19). The normalized spacial score (nSPS) is 31.3. The number of amides is 1. The maximum absolute atomic E-state index is 12.4. The molecule has 0 aromatic rings. The number of hydrogen-bond acceptors (Lipinski definition) is 2. The molecule has 3 nitrogen and oxygen atoms in total. The molecule has 0 heterocycles. The van der Waals surface area contributed by atoms with Gasteiger partial charge in [0.2, 0.25) is 5.91 Å². The summed E-state index contributed by atoms with van der Waals surface area (Å²) in [5, 5.41) is 3.04. The number of Topliss-reactive ketones (excluding diaryl/α,β-unsaturated/α-hetero) is 1. The largest absolute Gasteiger partial charge is 0.346 e. The molecule has 2 rings (SSSR count). The van der Waals surface area contributed by atoms with Gasteiger partial charge in [-0.2, -0.15) is 0 Å². The van der Waals surface area contributed by atoms with Crippen molar-refractivity contribution in [1.82, 2.24) is 5.32 Å². The Labute approximate surface area is 116 Å². The van der Waals surface area contributed by atoms with Crippen molar-refractivity contribution in [3.05, 3.63) is 0 Å². The number of fused-ring (bicyclic) bond motifs is 1. The smallest absolute Gasteiger partial charge is 0.224 e. The van der Waals surface area contributed by atoms with Crippen LogP contribution in [0.15, 0.2) is 0 Å². The second kappa shape index (κ2) is 5.26. The van der Waals surface area contributed by atoms with E-state index in [2.05, 4.69) is 5.32 Å². The average molecular weight is 265 g/mol. The summed E-state index contributed by atoms with van der Waals surface area (Å²) in [5.74, 6) is 1.66. The van der Waals surface area contributed by atoms with Gasteiger partial charge >= 0.3 is 0 Å². The first kappa shape index (κ1) is 14.5. The van der Waals surface area contributed by atoms with E-state index < -0.39 is 0 Å². The van der Waals surface area contributed by atoms with Gasteiger partial charge in [0.1, 0.15) is 0 Å². The fraction of sp³-hybridized carbons (Fsp3) is 0.875. The van der Waals surface area contributed by atoms with Crippen molar-refractivity contribution in [1.29, 1.82) is 0 Å². The van der Waals surface area contributed by atoms with Gasteiger partial charge in [-0.1, -0.05) is 40.5 Å². The molecule has 3 atom stereocenters. The molecule has 3 unspecified atom stereocenters. The maximum Gasteiger partial charge on any atom is 0.224 e. The Kier molecular flexibility index (Phi) is 4.03. The molecule has 0 aliphatic heterocycles. The Morgan fingerprint density at radius 3 is 2.11 bits per heavy atom. The van der Waals surface area contributed by atoms with Crippen LogP contribution in [-0.2, 0) is 9.59 Å². The van der Waals surface area contributed by atoms with Crippen LogP contribution in [0.25, 0.3) is 0 Å². The van der Waals surface area contributed by atoms with E-state index in [1.54, 1.807) is 0 Å². The Morgan fingerprint density at radius 1 is 1.16 bits per heavy atom. The van der Waals surface area contributed by atoms with Crippen molar-refractivity contribution in [2.75, 3.05) is 0 Å². The molecule has 0 radical (unpaired) electrons. The summed E-state index contributed by atoms with van der Waals surface area (Å²) in [7, 11) is 0. The van der Waals surface area contributed by atoms with Crippen molar-refractivity contribution >= 4 is 11.7 Å². The third-order valence-corrected chi connectivity index (χ3v) is 4.78. The molecule has 1 amide bonds. The Balaban J connectivity index is 1.98. The first-order chi connectivity index (χ1) is 8.86. The number of carbonyl (C=O) groups is 2.